The summed E-state index contributed by atoms with van der Waals surface area (Å²) in [5.74, 6) is 0.483. The zero-order valence-electron chi connectivity index (χ0n) is 15.8. The van der Waals surface area contributed by atoms with Crippen LogP contribution in [0, 0.1) is 0 Å². The number of thioether (sulfide) groups is 1. The molecular weight excluding hydrogens is 390 g/mol. The number of thiazole rings is 1. The number of carbonyl (C=O) groups is 2. The first kappa shape index (κ1) is 19.0. The van der Waals surface area contributed by atoms with Crippen LogP contribution in [0.4, 0.5) is 5.69 Å². The van der Waals surface area contributed by atoms with Crippen LogP contribution in [0.3, 0.4) is 0 Å². The van der Waals surface area contributed by atoms with Crippen LogP contribution in [0.5, 0.6) is 0 Å². The van der Waals surface area contributed by atoms with Gasteiger partial charge in [0.25, 0.3) is 0 Å². The van der Waals surface area contributed by atoms with Crippen molar-refractivity contribution in [2.45, 2.75) is 24.3 Å². The van der Waals surface area contributed by atoms with Gasteiger partial charge in [-0.2, -0.15) is 0 Å². The van der Waals surface area contributed by atoms with Gasteiger partial charge in [-0.15, -0.1) is 23.1 Å². The van der Waals surface area contributed by atoms with Crippen LogP contribution < -0.4 is 4.90 Å². The number of para-hydroxylation sites is 2. The van der Waals surface area contributed by atoms with Crippen LogP contribution in [-0.4, -0.2) is 41.0 Å². The zero-order chi connectivity index (χ0) is 19.7. The van der Waals surface area contributed by atoms with E-state index in [1.807, 2.05) is 55.5 Å². The number of rotatable bonds is 5. The van der Waals surface area contributed by atoms with Crippen LogP contribution in [0.15, 0.2) is 53.4 Å². The second-order valence-corrected chi connectivity index (χ2v) is 8.83. The predicted octanol–water partition coefficient (Wildman–Crippen LogP) is 4.34. The molecule has 0 saturated heterocycles. The molecule has 2 amide bonds. The van der Waals surface area contributed by atoms with Crippen molar-refractivity contribution in [1.82, 2.24) is 9.88 Å². The quantitative estimate of drug-likeness (QED) is 0.627. The minimum atomic E-state index is -0.107. The topological polar surface area (TPSA) is 53.5 Å². The molecule has 0 spiro atoms. The zero-order valence-corrected chi connectivity index (χ0v) is 17.4. The molecular formula is C21H21N3O2S2. The summed E-state index contributed by atoms with van der Waals surface area (Å²) in [5, 5.41) is 0.924. The number of benzene rings is 2. The van der Waals surface area contributed by atoms with Crippen molar-refractivity contribution >= 4 is 50.8 Å². The first-order valence-electron chi connectivity index (χ1n) is 9.18. The Morgan fingerprint density at radius 1 is 1.21 bits per heavy atom. The van der Waals surface area contributed by atoms with Crippen molar-refractivity contribution in [2.75, 3.05) is 24.2 Å². The molecule has 144 valence electrons. The molecule has 1 atom stereocenters. The Morgan fingerprint density at radius 2 is 1.96 bits per heavy atom. The predicted molar refractivity (Wildman–Crippen MR) is 115 cm³/mol. The molecule has 1 aromatic heterocycles. The Morgan fingerprint density at radius 3 is 2.79 bits per heavy atom. The van der Waals surface area contributed by atoms with Crippen molar-refractivity contribution in [3.63, 3.8) is 0 Å². The maximum absolute atomic E-state index is 12.8. The Labute approximate surface area is 172 Å². The average Bonchev–Trinajstić information content (AvgIpc) is 3.16. The van der Waals surface area contributed by atoms with Crippen LogP contribution in [-0.2, 0) is 9.59 Å². The van der Waals surface area contributed by atoms with Gasteiger partial charge in [0.1, 0.15) is 5.01 Å². The fourth-order valence-corrected chi connectivity index (χ4v) is 5.23. The Hall–Kier alpha value is -2.38. The maximum Gasteiger partial charge on any atom is 0.237 e. The lowest BCUT2D eigenvalue weighted by Gasteiger charge is -2.30. The third-order valence-electron chi connectivity index (χ3n) is 5.00. The standard InChI is InChI=1S/C21H21N3O2S2/c1-14(21-22-15-7-3-5-9-17(15)28-21)23(2)19(25)11-12-24-16-8-4-6-10-18(16)27-13-20(24)26/h3-10,14H,11-13H2,1-2H3/t14-/m1/s1. The fourth-order valence-electron chi connectivity index (χ4n) is 3.23. The highest BCUT2D eigenvalue weighted by molar-refractivity contribution is 8.00. The van der Waals surface area contributed by atoms with E-state index in [1.54, 1.807) is 39.9 Å². The number of fused-ring (bicyclic) bond motifs is 2. The van der Waals surface area contributed by atoms with Gasteiger partial charge in [0, 0.05) is 24.9 Å². The summed E-state index contributed by atoms with van der Waals surface area (Å²) in [7, 11) is 1.81. The number of aromatic nitrogens is 1. The molecule has 7 heteroatoms. The molecule has 28 heavy (non-hydrogen) atoms. The first-order valence-corrected chi connectivity index (χ1v) is 11.0. The molecule has 0 bridgehead atoms. The largest absolute Gasteiger partial charge is 0.337 e. The normalized spacial score (nSPS) is 14.8. The molecule has 3 aromatic rings. The molecule has 5 nitrogen and oxygen atoms in total. The van der Waals surface area contributed by atoms with Crippen LogP contribution in [0.1, 0.15) is 24.4 Å². The number of amides is 2. The molecule has 1 aliphatic heterocycles. The number of hydrogen-bond donors (Lipinski definition) is 0. The number of anilines is 1. The summed E-state index contributed by atoms with van der Waals surface area (Å²) in [6.07, 6.45) is 0.288. The highest BCUT2D eigenvalue weighted by atomic mass is 32.2. The summed E-state index contributed by atoms with van der Waals surface area (Å²) in [6, 6.07) is 15.7. The summed E-state index contributed by atoms with van der Waals surface area (Å²) in [4.78, 5) is 34.4. The minimum Gasteiger partial charge on any atom is -0.337 e. The van der Waals surface area contributed by atoms with Gasteiger partial charge in [-0.25, -0.2) is 4.98 Å². The molecule has 0 radical (unpaired) electrons. The molecule has 0 fully saturated rings. The molecule has 2 aromatic carbocycles. The van der Waals surface area contributed by atoms with E-state index in [2.05, 4.69) is 4.98 Å². The lowest BCUT2D eigenvalue weighted by Crippen LogP contribution is -2.39. The van der Waals surface area contributed by atoms with E-state index in [9.17, 15) is 9.59 Å². The van der Waals surface area contributed by atoms with E-state index in [1.165, 1.54) is 0 Å². The number of carbonyl (C=O) groups excluding carboxylic acids is 2. The van der Waals surface area contributed by atoms with Crippen molar-refractivity contribution in [1.29, 1.82) is 0 Å². The van der Waals surface area contributed by atoms with Gasteiger partial charge in [0.15, 0.2) is 0 Å². The van der Waals surface area contributed by atoms with Crippen LogP contribution in [0.2, 0.25) is 0 Å². The van der Waals surface area contributed by atoms with Crippen LogP contribution in [0.25, 0.3) is 10.2 Å². The van der Waals surface area contributed by atoms with Gasteiger partial charge in [-0.05, 0) is 31.2 Å². The Kier molecular flexibility index (Phi) is 5.37. The monoisotopic (exact) mass is 411 g/mol. The number of hydrogen-bond acceptors (Lipinski definition) is 5. The molecule has 4 rings (SSSR count). The van der Waals surface area contributed by atoms with E-state index in [4.69, 9.17) is 0 Å². The summed E-state index contributed by atoms with van der Waals surface area (Å²) < 4.78 is 1.12. The van der Waals surface area contributed by atoms with Gasteiger partial charge in [-0.3, -0.25) is 9.59 Å². The van der Waals surface area contributed by atoms with E-state index in [-0.39, 0.29) is 24.3 Å². The second kappa shape index (κ2) is 7.93. The van der Waals surface area contributed by atoms with Gasteiger partial charge in [0.05, 0.1) is 27.7 Å². The molecule has 0 unspecified atom stereocenters. The van der Waals surface area contributed by atoms with E-state index in [0.29, 0.717) is 12.3 Å². The summed E-state index contributed by atoms with van der Waals surface area (Å²) >= 11 is 3.17. The SMILES string of the molecule is C[C@H](c1nc2ccccc2s1)N(C)C(=O)CCN1C(=O)CSc2ccccc21. The average molecular weight is 412 g/mol. The molecule has 0 saturated carbocycles. The van der Waals surface area contributed by atoms with Crippen molar-refractivity contribution in [2.24, 2.45) is 0 Å². The molecule has 0 N–H and O–H groups in total. The van der Waals surface area contributed by atoms with Crippen molar-refractivity contribution in [3.05, 3.63) is 53.5 Å². The van der Waals surface area contributed by atoms with Gasteiger partial charge in [0.2, 0.25) is 11.8 Å². The molecule has 1 aliphatic rings. The highest BCUT2D eigenvalue weighted by Crippen LogP contribution is 2.35. The van der Waals surface area contributed by atoms with E-state index >= 15 is 0 Å². The molecule has 2 heterocycles. The Bertz CT molecular complexity index is 1000. The lowest BCUT2D eigenvalue weighted by atomic mass is 10.2. The Balaban J connectivity index is 1.44. The van der Waals surface area contributed by atoms with Gasteiger partial charge in [-0.1, -0.05) is 24.3 Å². The van der Waals surface area contributed by atoms with Crippen LogP contribution >= 0.6 is 23.1 Å². The first-order chi connectivity index (χ1) is 13.5. The minimum absolute atomic E-state index is 0.00950. The van der Waals surface area contributed by atoms with Crippen molar-refractivity contribution in [3.8, 4) is 0 Å². The van der Waals surface area contributed by atoms with Gasteiger partial charge < -0.3 is 9.80 Å². The highest BCUT2D eigenvalue weighted by Gasteiger charge is 2.26. The van der Waals surface area contributed by atoms with E-state index < -0.39 is 0 Å². The summed E-state index contributed by atoms with van der Waals surface area (Å²) in [6.45, 7) is 2.39. The second-order valence-electron chi connectivity index (χ2n) is 6.75. The van der Waals surface area contributed by atoms with Gasteiger partial charge >= 0.3 is 0 Å². The number of nitrogens with zero attached hydrogens (tertiary/aromatic N) is 3. The fraction of sp³-hybridized carbons (Fsp3) is 0.286. The maximum atomic E-state index is 12.8. The van der Waals surface area contributed by atoms with Crippen molar-refractivity contribution < 1.29 is 9.59 Å². The van der Waals surface area contributed by atoms with E-state index in [0.717, 1.165) is 25.8 Å². The lowest BCUT2D eigenvalue weighted by molar-refractivity contribution is -0.131. The smallest absolute Gasteiger partial charge is 0.237 e. The summed E-state index contributed by atoms with van der Waals surface area (Å²) in [5.41, 5.74) is 1.86. The third kappa shape index (κ3) is 3.64. The molecule has 0 aliphatic carbocycles. The third-order valence-corrected chi connectivity index (χ3v) is 7.25.